The lowest BCUT2D eigenvalue weighted by Gasteiger charge is -2.44. The van der Waals surface area contributed by atoms with E-state index in [4.69, 9.17) is 9.15 Å². The molecule has 10 nitrogen and oxygen atoms in total. The van der Waals surface area contributed by atoms with Gasteiger partial charge in [-0.3, -0.25) is 14.9 Å². The van der Waals surface area contributed by atoms with E-state index in [-0.39, 0.29) is 28.3 Å². The lowest BCUT2D eigenvalue weighted by molar-refractivity contribution is -0.384. The Kier molecular flexibility index (Phi) is 6.18. The summed E-state index contributed by atoms with van der Waals surface area (Å²) in [7, 11) is 1.36. The third kappa shape index (κ3) is 4.24. The normalized spacial score (nSPS) is 21.9. The van der Waals surface area contributed by atoms with Gasteiger partial charge in [0, 0.05) is 11.6 Å². The highest BCUT2D eigenvalue weighted by molar-refractivity contribution is 6.00. The van der Waals surface area contributed by atoms with Crippen LogP contribution in [0.15, 0.2) is 65.1 Å². The van der Waals surface area contributed by atoms with Crippen LogP contribution in [-0.4, -0.2) is 40.9 Å². The number of amides is 2. The lowest BCUT2D eigenvalue weighted by atomic mass is 9.79. The Morgan fingerprint density at radius 1 is 1.14 bits per heavy atom. The average molecular weight is 505 g/mol. The first kappa shape index (κ1) is 24.7. The van der Waals surface area contributed by atoms with Crippen molar-refractivity contribution in [3.8, 4) is 17.1 Å². The summed E-state index contributed by atoms with van der Waals surface area (Å²) in [5, 5.41) is 25.7. The molecule has 1 aromatic heterocycles. The molecular weight excluding hydrogens is 487 g/mol. The third-order valence-electron chi connectivity index (χ3n) is 5.76. The fourth-order valence-corrected chi connectivity index (χ4v) is 4.02. The smallest absolute Gasteiger partial charge is 0.437 e. The number of alkyl halides is 3. The van der Waals surface area contributed by atoms with Crippen molar-refractivity contribution in [2.75, 3.05) is 7.11 Å². The van der Waals surface area contributed by atoms with Crippen LogP contribution >= 0.6 is 0 Å². The maximum atomic E-state index is 14.1. The Morgan fingerprint density at radius 3 is 2.42 bits per heavy atom. The summed E-state index contributed by atoms with van der Waals surface area (Å²) >= 11 is 0. The molecule has 2 aromatic carbocycles. The predicted octanol–water partition coefficient (Wildman–Crippen LogP) is 3.97. The zero-order valence-electron chi connectivity index (χ0n) is 18.4. The molecule has 0 spiro atoms. The van der Waals surface area contributed by atoms with Crippen molar-refractivity contribution in [2.24, 2.45) is 5.92 Å². The summed E-state index contributed by atoms with van der Waals surface area (Å²) in [6, 6.07) is 9.88. The first-order valence-electron chi connectivity index (χ1n) is 10.4. The van der Waals surface area contributed by atoms with Crippen molar-refractivity contribution in [3.05, 3.63) is 82.1 Å². The first-order valence-corrected chi connectivity index (χ1v) is 10.4. The highest BCUT2D eigenvalue weighted by atomic mass is 19.4. The van der Waals surface area contributed by atoms with Crippen LogP contribution in [0.1, 0.15) is 22.2 Å². The standard InChI is InChI=1S/C23H18F3N3O7/c1-35-13-8-6-12(7-9-13)20(30)18-19(27-21(31)28-22(18,32)23(24,25)26)17-11-10-16(36-17)14-4-2-3-5-15(14)29(33)34/h2-11,18-19,32H,1H3,(H2,27,28,31)/t18-,19+,22-/m1/s1. The number of ether oxygens (including phenoxy) is 1. The van der Waals surface area contributed by atoms with Gasteiger partial charge in [0.15, 0.2) is 5.78 Å². The van der Waals surface area contributed by atoms with Gasteiger partial charge in [0.2, 0.25) is 5.72 Å². The molecule has 1 aliphatic rings. The molecule has 36 heavy (non-hydrogen) atoms. The monoisotopic (exact) mass is 505 g/mol. The summed E-state index contributed by atoms with van der Waals surface area (Å²) in [5.41, 5.74) is -4.46. The molecule has 0 bridgehead atoms. The molecule has 1 saturated heterocycles. The van der Waals surface area contributed by atoms with Gasteiger partial charge in [-0.1, -0.05) is 12.1 Å². The highest BCUT2D eigenvalue weighted by Crippen LogP contribution is 2.45. The summed E-state index contributed by atoms with van der Waals surface area (Å²) in [6.45, 7) is 0. The van der Waals surface area contributed by atoms with Gasteiger partial charge in [-0.05, 0) is 42.5 Å². The number of hydrogen-bond acceptors (Lipinski definition) is 7. The molecule has 3 atom stereocenters. The van der Waals surface area contributed by atoms with Crippen molar-refractivity contribution in [1.82, 2.24) is 10.6 Å². The summed E-state index contributed by atoms with van der Waals surface area (Å²) < 4.78 is 52.8. The number of furan rings is 1. The molecule has 13 heteroatoms. The van der Waals surface area contributed by atoms with Crippen molar-refractivity contribution in [1.29, 1.82) is 0 Å². The molecule has 0 aliphatic carbocycles. The zero-order chi connectivity index (χ0) is 26.3. The fourth-order valence-electron chi connectivity index (χ4n) is 4.02. The number of ketones is 1. The number of nitro groups is 1. The number of methoxy groups -OCH3 is 1. The number of rotatable bonds is 6. The maximum Gasteiger partial charge on any atom is 0.437 e. The summed E-state index contributed by atoms with van der Waals surface area (Å²) in [4.78, 5) is 36.2. The number of halogens is 3. The van der Waals surface area contributed by atoms with Crippen LogP contribution in [-0.2, 0) is 0 Å². The van der Waals surface area contributed by atoms with E-state index in [0.717, 1.165) is 0 Å². The molecule has 2 heterocycles. The molecule has 0 unspecified atom stereocenters. The predicted molar refractivity (Wildman–Crippen MR) is 117 cm³/mol. The number of aliphatic hydroxyl groups is 1. The van der Waals surface area contributed by atoms with Crippen molar-refractivity contribution in [3.63, 3.8) is 0 Å². The SMILES string of the molecule is COc1ccc(C(=O)[C@H]2[C@H](c3ccc(-c4ccccc4[N+](=O)[O-])o3)NC(=O)N[C@]2(O)C(F)(F)F)cc1. The summed E-state index contributed by atoms with van der Waals surface area (Å²) in [5.74, 6) is -3.56. The van der Waals surface area contributed by atoms with E-state index < -0.39 is 40.6 Å². The molecule has 2 amide bonds. The maximum absolute atomic E-state index is 14.1. The molecule has 1 aliphatic heterocycles. The molecule has 3 aromatic rings. The molecule has 1 fully saturated rings. The number of hydrogen-bond donors (Lipinski definition) is 3. The number of benzene rings is 2. The minimum Gasteiger partial charge on any atom is -0.497 e. The van der Waals surface area contributed by atoms with Crippen LogP contribution in [0.25, 0.3) is 11.3 Å². The Bertz CT molecular complexity index is 1320. The van der Waals surface area contributed by atoms with E-state index in [9.17, 15) is 38.0 Å². The van der Waals surface area contributed by atoms with Gasteiger partial charge in [0.05, 0.1) is 17.6 Å². The van der Waals surface area contributed by atoms with Crippen LogP contribution < -0.4 is 15.4 Å². The van der Waals surface area contributed by atoms with E-state index in [2.05, 4.69) is 5.32 Å². The minimum atomic E-state index is -5.45. The van der Waals surface area contributed by atoms with Gasteiger partial charge >= 0.3 is 12.2 Å². The number of Topliss-reactive ketones (excluding diaryl/α,β-unsaturated/α-hetero) is 1. The number of carbonyl (C=O) groups excluding carboxylic acids is 2. The lowest BCUT2D eigenvalue weighted by Crippen LogP contribution is -2.72. The van der Waals surface area contributed by atoms with Gasteiger partial charge in [0.25, 0.3) is 5.69 Å². The molecule has 0 radical (unpaired) electrons. The molecular formula is C23H18F3N3O7. The van der Waals surface area contributed by atoms with E-state index in [1.54, 1.807) is 0 Å². The number of nitrogens with one attached hydrogen (secondary N) is 2. The Morgan fingerprint density at radius 2 is 1.81 bits per heavy atom. The molecule has 4 rings (SSSR count). The van der Waals surface area contributed by atoms with E-state index in [1.807, 2.05) is 0 Å². The van der Waals surface area contributed by atoms with Crippen LogP contribution in [0.2, 0.25) is 0 Å². The van der Waals surface area contributed by atoms with Crippen LogP contribution in [0.5, 0.6) is 5.75 Å². The van der Waals surface area contributed by atoms with E-state index in [1.165, 1.54) is 73.1 Å². The highest BCUT2D eigenvalue weighted by Gasteiger charge is 2.66. The number of nitro benzene ring substituents is 1. The van der Waals surface area contributed by atoms with E-state index in [0.29, 0.717) is 5.75 Å². The van der Waals surface area contributed by atoms with Gasteiger partial charge in [0.1, 0.15) is 29.2 Å². The van der Waals surface area contributed by atoms with Crippen molar-refractivity contribution in [2.45, 2.75) is 17.9 Å². The topological polar surface area (TPSA) is 144 Å². The second-order valence-electron chi connectivity index (χ2n) is 7.89. The number of urea groups is 1. The quantitative estimate of drug-likeness (QED) is 0.261. The Hall–Kier alpha value is -4.39. The molecule has 3 N–H and O–H groups in total. The van der Waals surface area contributed by atoms with Crippen LogP contribution in [0.4, 0.5) is 23.7 Å². The third-order valence-corrected chi connectivity index (χ3v) is 5.76. The Labute approximate surface area is 200 Å². The molecule has 0 saturated carbocycles. The summed E-state index contributed by atoms with van der Waals surface area (Å²) in [6.07, 6.45) is -5.45. The average Bonchev–Trinajstić information content (AvgIpc) is 3.33. The number of carbonyl (C=O) groups is 2. The second-order valence-corrected chi connectivity index (χ2v) is 7.89. The second kappa shape index (κ2) is 9.00. The van der Waals surface area contributed by atoms with Gasteiger partial charge < -0.3 is 24.9 Å². The number of para-hydroxylation sites is 1. The van der Waals surface area contributed by atoms with Crippen molar-refractivity contribution >= 4 is 17.5 Å². The number of nitrogens with zero attached hydrogens (tertiary/aromatic N) is 1. The van der Waals surface area contributed by atoms with Crippen LogP contribution in [0.3, 0.4) is 0 Å². The largest absolute Gasteiger partial charge is 0.497 e. The van der Waals surface area contributed by atoms with Crippen molar-refractivity contribution < 1.29 is 41.9 Å². The molecule has 188 valence electrons. The van der Waals surface area contributed by atoms with Crippen LogP contribution in [0, 0.1) is 16.0 Å². The van der Waals surface area contributed by atoms with Gasteiger partial charge in [-0.2, -0.15) is 13.2 Å². The minimum absolute atomic E-state index is 0.0260. The van der Waals surface area contributed by atoms with Gasteiger partial charge in [-0.25, -0.2) is 4.79 Å². The first-order chi connectivity index (χ1) is 17.0. The zero-order valence-corrected chi connectivity index (χ0v) is 18.4. The van der Waals surface area contributed by atoms with Gasteiger partial charge in [-0.15, -0.1) is 0 Å². The fraction of sp³-hybridized carbons (Fsp3) is 0.217. The Balaban J connectivity index is 1.82. The van der Waals surface area contributed by atoms with E-state index >= 15 is 0 Å².